The molecule has 7 nitrogen and oxygen atoms in total. The number of carbonyl (C=O) groups is 1. The van der Waals surface area contributed by atoms with Gasteiger partial charge in [-0.3, -0.25) is 25.1 Å². The van der Waals surface area contributed by atoms with E-state index in [2.05, 4.69) is 25.3 Å². The minimum atomic E-state index is -1.13. The van der Waals surface area contributed by atoms with Gasteiger partial charge in [0.1, 0.15) is 10.5 Å². The van der Waals surface area contributed by atoms with Gasteiger partial charge in [-0.1, -0.05) is 6.07 Å². The molecule has 3 aromatic heterocycles. The van der Waals surface area contributed by atoms with Crippen LogP contribution in [-0.4, -0.2) is 36.6 Å². The Morgan fingerprint density at radius 1 is 1.23 bits per heavy atom. The highest BCUT2D eigenvalue weighted by atomic mass is 32.1. The van der Waals surface area contributed by atoms with Crippen LogP contribution in [0.25, 0.3) is 0 Å². The number of hydrogen-bond donors (Lipinski definition) is 2. The van der Waals surface area contributed by atoms with Crippen LogP contribution in [0.15, 0.2) is 54.6 Å². The Balaban J connectivity index is 1.73. The lowest BCUT2D eigenvalue weighted by atomic mass is 9.86. The van der Waals surface area contributed by atoms with E-state index in [1.165, 1.54) is 11.3 Å². The van der Waals surface area contributed by atoms with Crippen molar-refractivity contribution in [2.24, 2.45) is 0 Å². The molecule has 0 aliphatic carbocycles. The van der Waals surface area contributed by atoms with E-state index >= 15 is 0 Å². The molecule has 0 spiro atoms. The Labute approximate surface area is 154 Å². The van der Waals surface area contributed by atoms with Gasteiger partial charge in [-0.05, 0) is 18.6 Å². The van der Waals surface area contributed by atoms with Crippen LogP contribution in [0, 0.1) is 0 Å². The highest BCUT2D eigenvalue weighted by molar-refractivity contribution is 7.09. The molecule has 0 amide bonds. The Morgan fingerprint density at radius 2 is 2.15 bits per heavy atom. The van der Waals surface area contributed by atoms with Crippen molar-refractivity contribution in [2.75, 3.05) is 0 Å². The van der Waals surface area contributed by atoms with Crippen LogP contribution in [0.4, 0.5) is 0 Å². The third kappa shape index (κ3) is 3.09. The lowest BCUT2D eigenvalue weighted by Gasteiger charge is -2.25. The molecule has 132 valence electrons. The standard InChI is InChI=1S/C18H17N5O2S/c24-17(25)18(9-12-3-1-2-4-20-12)10-13(14-11-19-5-6-21-14)15(23-18)16-22-7-8-26-16/h1-8,11,13,15,23H,9-10H2,(H,24,25)/t13-,15-,18-/m1/s1. The number of nitrogens with zero attached hydrogens (tertiary/aromatic N) is 4. The number of hydrogen-bond acceptors (Lipinski definition) is 7. The summed E-state index contributed by atoms with van der Waals surface area (Å²) < 4.78 is 0. The molecular formula is C18H17N5O2S. The van der Waals surface area contributed by atoms with Gasteiger partial charge in [-0.15, -0.1) is 11.3 Å². The third-order valence-corrected chi connectivity index (χ3v) is 5.56. The maximum absolute atomic E-state index is 12.3. The Bertz CT molecular complexity index is 875. The van der Waals surface area contributed by atoms with Crippen LogP contribution in [0.1, 0.15) is 34.8 Å². The van der Waals surface area contributed by atoms with Crippen molar-refractivity contribution >= 4 is 17.3 Å². The maximum Gasteiger partial charge on any atom is 0.324 e. The molecule has 26 heavy (non-hydrogen) atoms. The number of pyridine rings is 1. The summed E-state index contributed by atoms with van der Waals surface area (Å²) in [5.41, 5.74) is 0.372. The lowest BCUT2D eigenvalue weighted by Crippen LogP contribution is -2.50. The number of rotatable bonds is 5. The summed E-state index contributed by atoms with van der Waals surface area (Å²) in [5, 5.41) is 16.2. The van der Waals surface area contributed by atoms with E-state index in [9.17, 15) is 9.90 Å². The van der Waals surface area contributed by atoms with Crippen LogP contribution in [0.3, 0.4) is 0 Å². The molecule has 8 heteroatoms. The van der Waals surface area contributed by atoms with Gasteiger partial charge in [0.2, 0.25) is 0 Å². The second kappa shape index (κ2) is 6.89. The Kier molecular flexibility index (Phi) is 4.44. The van der Waals surface area contributed by atoms with E-state index in [1.807, 2.05) is 23.6 Å². The Morgan fingerprint density at radius 3 is 2.81 bits per heavy atom. The van der Waals surface area contributed by atoms with Gasteiger partial charge in [0.15, 0.2) is 0 Å². The lowest BCUT2D eigenvalue weighted by molar-refractivity contribution is -0.144. The topological polar surface area (TPSA) is 101 Å². The zero-order valence-corrected chi connectivity index (χ0v) is 14.6. The molecule has 0 saturated carbocycles. The fourth-order valence-corrected chi connectivity index (χ4v) is 4.26. The first-order chi connectivity index (χ1) is 12.7. The smallest absolute Gasteiger partial charge is 0.324 e. The van der Waals surface area contributed by atoms with Gasteiger partial charge in [-0.25, -0.2) is 4.98 Å². The number of aliphatic carboxylic acids is 1. The molecule has 2 N–H and O–H groups in total. The summed E-state index contributed by atoms with van der Waals surface area (Å²) in [4.78, 5) is 29.6. The first-order valence-corrected chi connectivity index (χ1v) is 9.12. The fourth-order valence-electron chi connectivity index (χ4n) is 3.51. The molecule has 1 saturated heterocycles. The van der Waals surface area contributed by atoms with E-state index in [4.69, 9.17) is 0 Å². The van der Waals surface area contributed by atoms with E-state index in [0.29, 0.717) is 12.8 Å². The number of carboxylic acid groups (broad SMARTS) is 1. The van der Waals surface area contributed by atoms with Gasteiger partial charge in [-0.2, -0.15) is 0 Å². The maximum atomic E-state index is 12.3. The monoisotopic (exact) mass is 367 g/mol. The first kappa shape index (κ1) is 16.7. The number of carboxylic acids is 1. The van der Waals surface area contributed by atoms with Crippen molar-refractivity contribution in [3.63, 3.8) is 0 Å². The fraction of sp³-hybridized carbons (Fsp3) is 0.278. The molecule has 3 aromatic rings. The Hall–Kier alpha value is -2.71. The van der Waals surface area contributed by atoms with Crippen LogP contribution in [0.5, 0.6) is 0 Å². The summed E-state index contributed by atoms with van der Waals surface area (Å²) in [6, 6.07) is 5.30. The summed E-state index contributed by atoms with van der Waals surface area (Å²) in [6.07, 6.45) is 9.04. The van der Waals surface area contributed by atoms with Crippen molar-refractivity contribution in [1.29, 1.82) is 0 Å². The zero-order chi connectivity index (χ0) is 18.0. The zero-order valence-electron chi connectivity index (χ0n) is 13.8. The SMILES string of the molecule is O=C(O)[C@@]1(Cc2ccccn2)C[C@H](c2cnccn2)[C@H](c2nccs2)N1. The van der Waals surface area contributed by atoms with Crippen molar-refractivity contribution in [1.82, 2.24) is 25.3 Å². The molecule has 0 radical (unpaired) electrons. The molecule has 1 aliphatic heterocycles. The van der Waals surface area contributed by atoms with Gasteiger partial charge in [0, 0.05) is 54.4 Å². The second-order valence-electron chi connectivity index (χ2n) is 6.32. The minimum absolute atomic E-state index is 0.130. The van der Waals surface area contributed by atoms with Gasteiger partial charge < -0.3 is 5.11 Å². The summed E-state index contributed by atoms with van der Waals surface area (Å²) in [5.74, 6) is -1.02. The van der Waals surface area contributed by atoms with Gasteiger partial charge in [0.05, 0.1) is 11.7 Å². The molecule has 0 unspecified atom stereocenters. The van der Waals surface area contributed by atoms with E-state index < -0.39 is 11.5 Å². The molecule has 0 bridgehead atoms. The average molecular weight is 367 g/mol. The average Bonchev–Trinajstić information content (AvgIpc) is 3.32. The quantitative estimate of drug-likeness (QED) is 0.713. The molecule has 3 atom stereocenters. The van der Waals surface area contributed by atoms with Gasteiger partial charge >= 0.3 is 5.97 Å². The molecule has 4 heterocycles. The number of nitrogens with one attached hydrogen (secondary N) is 1. The second-order valence-corrected chi connectivity index (χ2v) is 7.24. The molecular weight excluding hydrogens is 350 g/mol. The van der Waals surface area contributed by atoms with Crippen LogP contribution in [0.2, 0.25) is 0 Å². The van der Waals surface area contributed by atoms with E-state index in [1.54, 1.807) is 31.0 Å². The summed E-state index contributed by atoms with van der Waals surface area (Å²) in [7, 11) is 0. The highest BCUT2D eigenvalue weighted by Crippen LogP contribution is 2.45. The summed E-state index contributed by atoms with van der Waals surface area (Å²) >= 11 is 1.51. The normalized spacial score (nSPS) is 25.2. The van der Waals surface area contributed by atoms with Gasteiger partial charge in [0.25, 0.3) is 0 Å². The van der Waals surface area contributed by atoms with Crippen LogP contribution in [-0.2, 0) is 11.2 Å². The third-order valence-electron chi connectivity index (χ3n) is 4.70. The molecule has 0 aromatic carbocycles. The predicted octanol–water partition coefficient (Wildman–Crippen LogP) is 2.21. The summed E-state index contributed by atoms with van der Waals surface area (Å²) in [6.45, 7) is 0. The molecule has 1 aliphatic rings. The van der Waals surface area contributed by atoms with Crippen molar-refractivity contribution in [3.05, 3.63) is 71.0 Å². The van der Waals surface area contributed by atoms with E-state index in [0.717, 1.165) is 16.4 Å². The number of aromatic nitrogens is 4. The van der Waals surface area contributed by atoms with E-state index in [-0.39, 0.29) is 12.0 Å². The highest BCUT2D eigenvalue weighted by Gasteiger charge is 2.52. The molecule has 1 fully saturated rings. The predicted molar refractivity (Wildman–Crippen MR) is 95.7 cm³/mol. The molecule has 4 rings (SSSR count). The van der Waals surface area contributed by atoms with Crippen LogP contribution >= 0.6 is 11.3 Å². The first-order valence-electron chi connectivity index (χ1n) is 8.24. The van der Waals surface area contributed by atoms with Crippen LogP contribution < -0.4 is 5.32 Å². The number of thiazole rings is 1. The minimum Gasteiger partial charge on any atom is -0.480 e. The van der Waals surface area contributed by atoms with Crippen molar-refractivity contribution < 1.29 is 9.90 Å². The van der Waals surface area contributed by atoms with Crippen molar-refractivity contribution in [2.45, 2.75) is 30.3 Å². The largest absolute Gasteiger partial charge is 0.480 e. The van der Waals surface area contributed by atoms with Crippen molar-refractivity contribution in [3.8, 4) is 0 Å².